The number of H-pyrrole nitrogens is 2. The van der Waals surface area contributed by atoms with Crippen molar-refractivity contribution in [1.29, 1.82) is 0 Å². The van der Waals surface area contributed by atoms with Crippen LogP contribution < -0.4 is 10.6 Å². The SMILES string of the molecule is COC(=O)N[C@H](C(=O)N1CCC[C@H]1c1ncc(-c2ccc3nc(-c4ccc(-c5cnc([C@@H]6CCCN6C(=O)[C@@H](NC(O)OC)[C@@H](C)OC)[nH]5)cc4)ccc3c2)[nH]1)C(C)C. The second-order valence-corrected chi connectivity index (χ2v) is 15.5. The summed E-state index contributed by atoms with van der Waals surface area (Å²) in [5, 5.41) is 16.5. The van der Waals surface area contributed by atoms with Gasteiger partial charge < -0.3 is 44.4 Å². The van der Waals surface area contributed by atoms with E-state index in [1.165, 1.54) is 21.3 Å². The van der Waals surface area contributed by atoms with Crippen LogP contribution in [0, 0.1) is 5.92 Å². The summed E-state index contributed by atoms with van der Waals surface area (Å²) in [6, 6.07) is 16.3. The Morgan fingerprint density at radius 1 is 0.763 bits per heavy atom. The predicted octanol–water partition coefficient (Wildman–Crippen LogP) is 5.31. The second kappa shape index (κ2) is 18.1. The Kier molecular flexibility index (Phi) is 12.7. The lowest BCUT2D eigenvalue weighted by atomic mass is 10.0. The Morgan fingerprint density at radius 2 is 1.34 bits per heavy atom. The minimum atomic E-state index is -1.31. The van der Waals surface area contributed by atoms with Gasteiger partial charge in [-0.3, -0.25) is 14.9 Å². The lowest BCUT2D eigenvalue weighted by Crippen LogP contribution is -2.55. The summed E-state index contributed by atoms with van der Waals surface area (Å²) < 4.78 is 15.1. The number of carbonyl (C=O) groups excluding carboxylic acids is 3. The number of aromatic nitrogens is 5. The van der Waals surface area contributed by atoms with Crippen molar-refractivity contribution in [3.05, 3.63) is 78.6 Å². The first-order chi connectivity index (χ1) is 28.5. The topological polar surface area (TPSA) is 200 Å². The Labute approximate surface area is 343 Å². The van der Waals surface area contributed by atoms with Crippen LogP contribution in [0.5, 0.6) is 0 Å². The number of aliphatic hydroxyl groups excluding tert-OH is 1. The van der Waals surface area contributed by atoms with Crippen molar-refractivity contribution in [3.63, 3.8) is 0 Å². The van der Waals surface area contributed by atoms with E-state index in [1.54, 1.807) is 29.1 Å². The van der Waals surface area contributed by atoms with Crippen molar-refractivity contribution < 1.29 is 33.7 Å². The Balaban J connectivity index is 1.02. The largest absolute Gasteiger partial charge is 0.453 e. The molecule has 16 heteroatoms. The number of ether oxygens (including phenoxy) is 3. The van der Waals surface area contributed by atoms with E-state index in [4.69, 9.17) is 24.2 Å². The molecular weight excluding hydrogens is 755 g/mol. The number of nitrogens with zero attached hydrogens (tertiary/aromatic N) is 5. The molecule has 0 bridgehead atoms. The number of pyridine rings is 1. The number of imidazole rings is 2. The van der Waals surface area contributed by atoms with Crippen LogP contribution >= 0.6 is 0 Å². The van der Waals surface area contributed by atoms with Crippen molar-refractivity contribution >= 4 is 28.8 Å². The number of carbonyl (C=O) groups is 3. The number of benzene rings is 2. The van der Waals surface area contributed by atoms with E-state index in [1.807, 2.05) is 56.3 Å². The molecule has 7 rings (SSSR count). The number of aromatic amines is 2. The van der Waals surface area contributed by atoms with Crippen molar-refractivity contribution in [2.45, 2.75) is 83.1 Å². The number of aliphatic hydroxyl groups is 1. The zero-order valence-electron chi connectivity index (χ0n) is 34.3. The van der Waals surface area contributed by atoms with Gasteiger partial charge in [-0.2, -0.15) is 0 Å². The van der Waals surface area contributed by atoms with Crippen molar-refractivity contribution in [1.82, 2.24) is 45.4 Å². The molecule has 0 spiro atoms. The molecule has 2 aromatic carbocycles. The smallest absolute Gasteiger partial charge is 0.407 e. The maximum absolute atomic E-state index is 13.7. The van der Waals surface area contributed by atoms with Gasteiger partial charge in [-0.1, -0.05) is 50.2 Å². The third kappa shape index (κ3) is 8.85. The first-order valence-corrected chi connectivity index (χ1v) is 20.1. The van der Waals surface area contributed by atoms with Gasteiger partial charge in [0.2, 0.25) is 18.2 Å². The molecule has 5 heterocycles. The van der Waals surface area contributed by atoms with E-state index >= 15 is 0 Å². The van der Waals surface area contributed by atoms with Crippen molar-refractivity contribution in [2.24, 2.45) is 5.92 Å². The minimum Gasteiger partial charge on any atom is -0.453 e. The van der Waals surface area contributed by atoms with Crippen LogP contribution in [0.15, 0.2) is 67.0 Å². The van der Waals surface area contributed by atoms with Crippen molar-refractivity contribution in [2.75, 3.05) is 34.4 Å². The fourth-order valence-electron chi connectivity index (χ4n) is 8.03. The molecule has 312 valence electrons. The fourth-order valence-corrected chi connectivity index (χ4v) is 8.03. The second-order valence-electron chi connectivity index (χ2n) is 15.5. The third-order valence-electron chi connectivity index (χ3n) is 11.4. The number of amides is 3. The Bertz CT molecular complexity index is 2260. The number of hydrogen-bond acceptors (Lipinski definition) is 11. The van der Waals surface area contributed by atoms with Gasteiger partial charge in [0, 0.05) is 43.8 Å². The van der Waals surface area contributed by atoms with Gasteiger partial charge in [0.15, 0.2) is 0 Å². The first kappa shape index (κ1) is 41.5. The average molecular weight is 808 g/mol. The van der Waals surface area contributed by atoms with Gasteiger partial charge in [-0.25, -0.2) is 19.7 Å². The summed E-state index contributed by atoms with van der Waals surface area (Å²) in [5.74, 6) is 0.964. The number of likely N-dealkylation sites (tertiary alicyclic amines) is 2. The minimum absolute atomic E-state index is 0.112. The highest BCUT2D eigenvalue weighted by Crippen LogP contribution is 2.35. The van der Waals surface area contributed by atoms with Gasteiger partial charge in [0.05, 0.1) is 60.3 Å². The van der Waals surface area contributed by atoms with Crippen LogP contribution in [0.25, 0.3) is 44.7 Å². The first-order valence-electron chi connectivity index (χ1n) is 20.1. The number of hydrogen-bond donors (Lipinski definition) is 5. The standard InChI is InChI=1S/C43H53N9O7/c1-24(2)36(49-42(55)58-5)40(53)51-19-7-9-34(51)39-45-23-33(48-39)29-16-18-31-28(21-29)15-17-30(46-31)26-11-13-27(14-12-26)32-22-44-38(47-32)35-10-8-20-52(35)41(54)37(25(3)57-4)50-43(56)59-6/h11-18,21-25,34-37,43,50,56H,7-10,19-20H2,1-6H3,(H,44,47)(H,45,48)(H,49,55)/t25-,34+,35+,36+,37+,43?/m1/s1. The zero-order valence-corrected chi connectivity index (χ0v) is 34.3. The molecule has 6 atom stereocenters. The predicted molar refractivity (Wildman–Crippen MR) is 220 cm³/mol. The number of methoxy groups -OCH3 is 3. The monoisotopic (exact) mass is 807 g/mol. The molecule has 2 aliphatic heterocycles. The summed E-state index contributed by atoms with van der Waals surface area (Å²) in [6.07, 6.45) is 4.36. The molecule has 2 saturated heterocycles. The molecule has 0 saturated carbocycles. The maximum Gasteiger partial charge on any atom is 0.407 e. The molecule has 1 unspecified atom stereocenters. The van der Waals surface area contributed by atoms with Crippen LogP contribution in [-0.4, -0.2) is 117 Å². The van der Waals surface area contributed by atoms with E-state index in [2.05, 4.69) is 37.7 Å². The molecule has 3 aromatic heterocycles. The highest BCUT2D eigenvalue weighted by Gasteiger charge is 2.39. The summed E-state index contributed by atoms with van der Waals surface area (Å²) in [7, 11) is 4.17. The summed E-state index contributed by atoms with van der Waals surface area (Å²) >= 11 is 0. The van der Waals surface area contributed by atoms with Crippen LogP contribution in [0.2, 0.25) is 0 Å². The molecule has 2 aliphatic rings. The van der Waals surface area contributed by atoms with Gasteiger partial charge in [-0.05, 0) is 62.3 Å². The molecule has 5 N–H and O–H groups in total. The van der Waals surface area contributed by atoms with Gasteiger partial charge >= 0.3 is 6.09 Å². The van der Waals surface area contributed by atoms with Crippen LogP contribution in [0.3, 0.4) is 0 Å². The summed E-state index contributed by atoms with van der Waals surface area (Å²) in [5.41, 5.74) is 6.23. The summed E-state index contributed by atoms with van der Waals surface area (Å²) in [4.78, 5) is 64.1. The average Bonchev–Trinajstić information content (AvgIpc) is 4.10. The third-order valence-corrected chi connectivity index (χ3v) is 11.4. The Morgan fingerprint density at radius 3 is 1.92 bits per heavy atom. The zero-order chi connectivity index (χ0) is 41.8. The molecule has 59 heavy (non-hydrogen) atoms. The summed E-state index contributed by atoms with van der Waals surface area (Å²) in [6.45, 7) is 6.72. The molecule has 5 aromatic rings. The van der Waals surface area contributed by atoms with Gasteiger partial charge in [0.1, 0.15) is 23.7 Å². The van der Waals surface area contributed by atoms with Gasteiger partial charge in [0.25, 0.3) is 0 Å². The molecule has 0 aliphatic carbocycles. The lowest BCUT2D eigenvalue weighted by Gasteiger charge is -2.31. The molecular formula is C43H53N9O7. The molecule has 2 fully saturated rings. The fraction of sp³-hybridized carbons (Fsp3) is 0.442. The number of alkyl carbamates (subject to hydrolysis) is 1. The van der Waals surface area contributed by atoms with E-state index in [0.717, 1.165) is 70.4 Å². The van der Waals surface area contributed by atoms with E-state index in [0.29, 0.717) is 24.7 Å². The molecule has 0 radical (unpaired) electrons. The van der Waals surface area contributed by atoms with Crippen LogP contribution in [0.4, 0.5) is 4.79 Å². The lowest BCUT2D eigenvalue weighted by molar-refractivity contribution is -0.148. The van der Waals surface area contributed by atoms with Crippen molar-refractivity contribution in [3.8, 4) is 33.8 Å². The van der Waals surface area contributed by atoms with Gasteiger partial charge in [-0.15, -0.1) is 0 Å². The quantitative estimate of drug-likeness (QED) is 0.0912. The maximum atomic E-state index is 13.7. The number of fused-ring (bicyclic) bond motifs is 1. The highest BCUT2D eigenvalue weighted by atomic mass is 16.6. The van der Waals surface area contributed by atoms with E-state index < -0.39 is 30.7 Å². The molecule has 3 amide bonds. The molecule has 16 nitrogen and oxygen atoms in total. The van der Waals surface area contributed by atoms with Crippen LogP contribution in [0.1, 0.15) is 70.2 Å². The Hall–Kier alpha value is -5.68. The normalized spacial score (nSPS) is 18.9. The highest BCUT2D eigenvalue weighted by molar-refractivity contribution is 5.87. The van der Waals surface area contributed by atoms with E-state index in [9.17, 15) is 19.5 Å². The number of rotatable bonds is 14. The van der Waals surface area contributed by atoms with E-state index in [-0.39, 0.29) is 29.8 Å². The van der Waals surface area contributed by atoms with Crippen LogP contribution in [-0.2, 0) is 23.8 Å². The number of nitrogens with one attached hydrogen (secondary N) is 4.